The van der Waals surface area contributed by atoms with Crippen molar-refractivity contribution in [2.75, 3.05) is 13.1 Å². The second-order valence-electron chi connectivity index (χ2n) is 6.70. The molecule has 0 aliphatic carbocycles. The highest BCUT2D eigenvalue weighted by Crippen LogP contribution is 2.38. The Morgan fingerprint density at radius 2 is 1.50 bits per heavy atom. The van der Waals surface area contributed by atoms with Crippen molar-refractivity contribution in [1.82, 2.24) is 10.2 Å². The summed E-state index contributed by atoms with van der Waals surface area (Å²) in [5.74, 6) is 0. The van der Waals surface area contributed by atoms with Gasteiger partial charge >= 0.3 is 20.6 Å². The van der Waals surface area contributed by atoms with Crippen molar-refractivity contribution < 1.29 is 40.7 Å². The number of rotatable bonds is 2. The fourth-order valence-corrected chi connectivity index (χ4v) is 2.84. The van der Waals surface area contributed by atoms with Gasteiger partial charge in [0, 0.05) is 23.7 Å². The summed E-state index contributed by atoms with van der Waals surface area (Å²) >= 11 is 0. The molecule has 0 bridgehead atoms. The summed E-state index contributed by atoms with van der Waals surface area (Å²) < 4.78 is 84.5. The number of nitrogens with zero attached hydrogens (tertiary/aromatic N) is 1. The summed E-state index contributed by atoms with van der Waals surface area (Å²) in [6.07, 6.45) is -10.0. The van der Waals surface area contributed by atoms with Crippen LogP contribution in [-0.2, 0) is 4.57 Å². The molecule has 1 aliphatic rings. The molecule has 0 aromatic heterocycles. The molecule has 1 atom stereocenters. The summed E-state index contributed by atoms with van der Waals surface area (Å²) in [4.78, 5) is 15.4. The topological polar surface area (TPSA) is 72.8 Å². The Morgan fingerprint density at radius 1 is 1.08 bits per heavy atom. The molecule has 0 aromatic carbocycles. The lowest BCUT2D eigenvalue weighted by Gasteiger charge is -2.57. The normalized spacial score (nSPS) is 24.5. The maximum atomic E-state index is 12.7. The molecule has 1 unspecified atom stereocenters. The first-order valence-corrected chi connectivity index (χ1v) is 8.25. The van der Waals surface area contributed by atoms with Crippen LogP contribution in [0.5, 0.6) is 0 Å². The molecule has 1 rings (SSSR count). The standard InChI is InChI=1S/C12H20F6N2.H3O3P/c1-9(2)6-19-8(5-11(13,14)15)10(3,4)20(9)7-12(16,17)18;1-4(2)3/h8,19H,5-7H2,1-4H3;4H,(H2,1,2,3). The molecular formula is C12H23F6N2O3P. The van der Waals surface area contributed by atoms with Crippen LogP contribution in [0, 0.1) is 0 Å². The van der Waals surface area contributed by atoms with E-state index in [1.54, 1.807) is 13.8 Å². The van der Waals surface area contributed by atoms with E-state index in [1.807, 2.05) is 0 Å². The van der Waals surface area contributed by atoms with Crippen LogP contribution in [-0.4, -0.2) is 57.2 Å². The minimum atomic E-state index is -4.45. The van der Waals surface area contributed by atoms with Gasteiger partial charge in [0.05, 0.1) is 13.0 Å². The lowest BCUT2D eigenvalue weighted by atomic mass is 9.81. The van der Waals surface area contributed by atoms with E-state index in [0.29, 0.717) is 0 Å². The Balaban J connectivity index is 0.00000118. The predicted molar refractivity (Wildman–Crippen MR) is 76.8 cm³/mol. The molecule has 5 nitrogen and oxygen atoms in total. The summed E-state index contributed by atoms with van der Waals surface area (Å²) in [5, 5.41) is 2.74. The third-order valence-electron chi connectivity index (χ3n) is 3.83. The molecule has 1 fully saturated rings. The Hall–Kier alpha value is -0.350. The van der Waals surface area contributed by atoms with Gasteiger partial charge in [-0.2, -0.15) is 26.3 Å². The molecule has 1 heterocycles. The van der Waals surface area contributed by atoms with E-state index in [9.17, 15) is 26.3 Å². The monoisotopic (exact) mass is 388 g/mol. The van der Waals surface area contributed by atoms with E-state index in [1.165, 1.54) is 13.8 Å². The highest BCUT2D eigenvalue weighted by Gasteiger charge is 2.52. The third-order valence-corrected chi connectivity index (χ3v) is 3.83. The molecule has 146 valence electrons. The SMILES string of the molecule is CC1(C)CNC(CC(F)(F)F)C(C)(C)N1CC(F)(F)F.O=[PH](O)O. The van der Waals surface area contributed by atoms with E-state index >= 15 is 0 Å². The lowest BCUT2D eigenvalue weighted by Crippen LogP contribution is -2.73. The largest absolute Gasteiger partial charge is 0.401 e. The van der Waals surface area contributed by atoms with Crippen LogP contribution in [0.1, 0.15) is 34.1 Å². The zero-order valence-corrected chi connectivity index (χ0v) is 14.7. The number of alkyl halides is 6. The predicted octanol–water partition coefficient (Wildman–Crippen LogP) is 2.69. The van der Waals surface area contributed by atoms with Gasteiger partial charge in [0.1, 0.15) is 0 Å². The fourth-order valence-electron chi connectivity index (χ4n) is 2.84. The molecule has 1 saturated heterocycles. The maximum absolute atomic E-state index is 12.7. The summed E-state index contributed by atoms with van der Waals surface area (Å²) in [7, 11) is -3.13. The number of halogens is 6. The summed E-state index contributed by atoms with van der Waals surface area (Å²) in [5.41, 5.74) is -2.13. The number of hydrogen-bond donors (Lipinski definition) is 3. The van der Waals surface area contributed by atoms with Crippen LogP contribution in [0.4, 0.5) is 26.3 Å². The molecule has 0 aromatic rings. The Morgan fingerprint density at radius 3 is 1.83 bits per heavy atom. The molecule has 24 heavy (non-hydrogen) atoms. The molecule has 0 saturated carbocycles. The second-order valence-corrected chi connectivity index (χ2v) is 7.27. The number of piperazine rings is 1. The van der Waals surface area contributed by atoms with Gasteiger partial charge < -0.3 is 15.1 Å². The van der Waals surface area contributed by atoms with E-state index < -0.39 is 50.7 Å². The van der Waals surface area contributed by atoms with Gasteiger partial charge in [0.15, 0.2) is 0 Å². The van der Waals surface area contributed by atoms with Crippen molar-refractivity contribution in [2.45, 2.75) is 63.6 Å². The molecular weight excluding hydrogens is 365 g/mol. The van der Waals surface area contributed by atoms with Crippen molar-refractivity contribution in [1.29, 1.82) is 0 Å². The molecule has 1 aliphatic heterocycles. The Kier molecular flexibility index (Phi) is 7.79. The molecule has 12 heteroatoms. The van der Waals surface area contributed by atoms with Gasteiger partial charge in [0.25, 0.3) is 0 Å². The molecule has 0 amide bonds. The second kappa shape index (κ2) is 7.90. The summed E-state index contributed by atoms with van der Waals surface area (Å²) in [6.45, 7) is 4.89. The molecule has 3 N–H and O–H groups in total. The van der Waals surface area contributed by atoms with Gasteiger partial charge in [-0.15, -0.1) is 0 Å². The first kappa shape index (κ1) is 23.6. The van der Waals surface area contributed by atoms with E-state index in [2.05, 4.69) is 5.32 Å². The van der Waals surface area contributed by atoms with Gasteiger partial charge in [-0.05, 0) is 27.7 Å². The van der Waals surface area contributed by atoms with E-state index in [-0.39, 0.29) is 6.54 Å². The van der Waals surface area contributed by atoms with Crippen LogP contribution in [0.15, 0.2) is 0 Å². The van der Waals surface area contributed by atoms with Crippen molar-refractivity contribution in [3.63, 3.8) is 0 Å². The highest BCUT2D eigenvalue weighted by molar-refractivity contribution is 7.30. The highest BCUT2D eigenvalue weighted by atomic mass is 31.1. The third kappa shape index (κ3) is 8.15. The van der Waals surface area contributed by atoms with E-state index in [4.69, 9.17) is 14.4 Å². The van der Waals surface area contributed by atoms with Gasteiger partial charge in [-0.3, -0.25) is 9.46 Å². The minimum absolute atomic E-state index is 0.0766. The van der Waals surface area contributed by atoms with Crippen molar-refractivity contribution in [3.05, 3.63) is 0 Å². The van der Waals surface area contributed by atoms with Crippen LogP contribution in [0.25, 0.3) is 0 Å². The van der Waals surface area contributed by atoms with Crippen LogP contribution >= 0.6 is 8.25 Å². The van der Waals surface area contributed by atoms with Gasteiger partial charge in [-0.25, -0.2) is 0 Å². The Labute approximate surface area is 137 Å². The number of hydrogen-bond acceptors (Lipinski definition) is 3. The molecule has 0 spiro atoms. The summed E-state index contributed by atoms with van der Waals surface area (Å²) in [6, 6.07) is -1.07. The van der Waals surface area contributed by atoms with Gasteiger partial charge in [-0.1, -0.05) is 0 Å². The van der Waals surface area contributed by atoms with Crippen molar-refractivity contribution in [2.24, 2.45) is 0 Å². The average molecular weight is 388 g/mol. The average Bonchev–Trinajstić information content (AvgIpc) is 2.26. The zero-order chi connectivity index (χ0) is 19.6. The van der Waals surface area contributed by atoms with Crippen molar-refractivity contribution in [3.8, 4) is 0 Å². The van der Waals surface area contributed by atoms with Gasteiger partial charge in [0.2, 0.25) is 0 Å². The maximum Gasteiger partial charge on any atom is 0.401 e. The van der Waals surface area contributed by atoms with Crippen LogP contribution < -0.4 is 5.32 Å². The fraction of sp³-hybridized carbons (Fsp3) is 1.00. The van der Waals surface area contributed by atoms with Crippen LogP contribution in [0.3, 0.4) is 0 Å². The quantitative estimate of drug-likeness (QED) is 0.501. The number of nitrogens with one attached hydrogen (secondary N) is 1. The first-order chi connectivity index (χ1) is 10.4. The van der Waals surface area contributed by atoms with E-state index in [0.717, 1.165) is 4.90 Å². The van der Waals surface area contributed by atoms with Crippen molar-refractivity contribution >= 4 is 8.25 Å². The lowest BCUT2D eigenvalue weighted by molar-refractivity contribution is -0.195. The smallest absolute Gasteiger partial charge is 0.326 e. The zero-order valence-electron chi connectivity index (χ0n) is 13.7. The Bertz CT molecular complexity index is 435. The minimum Gasteiger partial charge on any atom is -0.326 e. The molecule has 0 radical (unpaired) electrons. The first-order valence-electron chi connectivity index (χ1n) is 6.95. The van der Waals surface area contributed by atoms with Crippen LogP contribution in [0.2, 0.25) is 0 Å².